The quantitative estimate of drug-likeness (QED) is 0.888. The van der Waals surface area contributed by atoms with E-state index in [4.69, 9.17) is 5.11 Å². The number of anilines is 1. The lowest BCUT2D eigenvalue weighted by molar-refractivity contribution is 0.0690. The first-order valence-corrected chi connectivity index (χ1v) is 7.23. The smallest absolute Gasteiger partial charge is 0.354 e. The van der Waals surface area contributed by atoms with Crippen LogP contribution in [0.15, 0.2) is 34.9 Å². The Morgan fingerprint density at radius 1 is 1.38 bits per heavy atom. The number of pyridine rings is 1. The number of halogens is 1. The molecule has 1 saturated carbocycles. The lowest BCUT2D eigenvalue weighted by atomic mass is 10.3. The van der Waals surface area contributed by atoms with Gasteiger partial charge in [0.05, 0.1) is 0 Å². The lowest BCUT2D eigenvalue weighted by Gasteiger charge is -2.08. The normalized spacial score (nSPS) is 14.0. The summed E-state index contributed by atoms with van der Waals surface area (Å²) in [6.07, 6.45) is 4.01. The zero-order chi connectivity index (χ0) is 15.0. The number of carbonyl (C=O) groups is 2. The zero-order valence-corrected chi connectivity index (χ0v) is 12.5. The molecule has 1 fully saturated rings. The van der Waals surface area contributed by atoms with Crippen LogP contribution in [0.25, 0.3) is 0 Å². The first-order valence-electron chi connectivity index (χ1n) is 6.43. The van der Waals surface area contributed by atoms with Crippen molar-refractivity contribution in [2.45, 2.75) is 18.9 Å². The maximum absolute atomic E-state index is 12.3. The van der Waals surface area contributed by atoms with Crippen molar-refractivity contribution in [1.29, 1.82) is 0 Å². The summed E-state index contributed by atoms with van der Waals surface area (Å²) in [5.74, 6) is -1.21. The Morgan fingerprint density at radius 2 is 2.14 bits per heavy atom. The molecular weight excluding hydrogens is 338 g/mol. The maximum atomic E-state index is 12.3. The van der Waals surface area contributed by atoms with Crippen LogP contribution in [0.1, 0.15) is 39.9 Å². The van der Waals surface area contributed by atoms with E-state index in [-0.39, 0.29) is 17.4 Å². The van der Waals surface area contributed by atoms with E-state index < -0.39 is 5.97 Å². The number of hydrogen-bond acceptors (Lipinski definition) is 3. The molecule has 1 amide bonds. The second kappa shape index (κ2) is 5.33. The fourth-order valence-electron chi connectivity index (χ4n) is 2.09. The molecule has 108 valence electrons. The molecule has 0 unspecified atom stereocenters. The Hall–Kier alpha value is -2.15. The number of nitrogens with one attached hydrogen (secondary N) is 1. The topological polar surface area (TPSA) is 84.2 Å². The number of carbonyl (C=O) groups excluding carboxylic acids is 1. The number of rotatable bonds is 4. The highest BCUT2D eigenvalue weighted by Crippen LogP contribution is 2.37. The summed E-state index contributed by atoms with van der Waals surface area (Å²) in [5, 5.41) is 11.5. The van der Waals surface area contributed by atoms with Crippen molar-refractivity contribution in [2.75, 3.05) is 5.32 Å². The van der Waals surface area contributed by atoms with Gasteiger partial charge in [0.1, 0.15) is 11.5 Å². The minimum Gasteiger partial charge on any atom is -0.477 e. The highest BCUT2D eigenvalue weighted by atomic mass is 79.9. The molecule has 21 heavy (non-hydrogen) atoms. The average Bonchev–Trinajstić information content (AvgIpc) is 3.21. The third-order valence-electron chi connectivity index (χ3n) is 3.20. The Kier molecular flexibility index (Phi) is 3.50. The summed E-state index contributed by atoms with van der Waals surface area (Å²) in [6, 6.07) is 6.59. The first kappa shape index (κ1) is 13.8. The second-order valence-electron chi connectivity index (χ2n) is 4.85. The molecule has 2 N–H and O–H groups in total. The van der Waals surface area contributed by atoms with E-state index in [9.17, 15) is 9.59 Å². The Balaban J connectivity index is 1.83. The van der Waals surface area contributed by atoms with Gasteiger partial charge in [-0.1, -0.05) is 6.07 Å². The number of carboxylic acids is 1. The molecule has 0 aromatic carbocycles. The largest absolute Gasteiger partial charge is 0.477 e. The zero-order valence-electron chi connectivity index (χ0n) is 10.9. The third-order valence-corrected chi connectivity index (χ3v) is 3.63. The van der Waals surface area contributed by atoms with Crippen molar-refractivity contribution < 1.29 is 14.7 Å². The monoisotopic (exact) mass is 349 g/mol. The fourth-order valence-corrected chi connectivity index (χ4v) is 2.52. The van der Waals surface area contributed by atoms with Gasteiger partial charge in [0, 0.05) is 16.7 Å². The first-order chi connectivity index (χ1) is 10.0. The molecule has 6 nitrogen and oxygen atoms in total. The van der Waals surface area contributed by atoms with Gasteiger partial charge in [-0.25, -0.2) is 9.78 Å². The lowest BCUT2D eigenvalue weighted by Crippen LogP contribution is -2.17. The van der Waals surface area contributed by atoms with E-state index in [1.54, 1.807) is 18.2 Å². The molecule has 2 heterocycles. The van der Waals surface area contributed by atoms with Gasteiger partial charge in [0.15, 0.2) is 5.69 Å². The predicted molar refractivity (Wildman–Crippen MR) is 79.6 cm³/mol. The molecule has 2 aromatic rings. The average molecular weight is 350 g/mol. The highest BCUT2D eigenvalue weighted by molar-refractivity contribution is 9.10. The van der Waals surface area contributed by atoms with Crippen LogP contribution in [-0.4, -0.2) is 26.5 Å². The number of hydrogen-bond donors (Lipinski definition) is 2. The van der Waals surface area contributed by atoms with Crippen LogP contribution in [0.2, 0.25) is 0 Å². The number of amides is 1. The van der Waals surface area contributed by atoms with E-state index in [1.165, 1.54) is 6.07 Å². The third kappa shape index (κ3) is 2.97. The molecule has 1 aliphatic carbocycles. The summed E-state index contributed by atoms with van der Waals surface area (Å²) in [5.41, 5.74) is 0.429. The Bertz CT molecular complexity index is 722. The van der Waals surface area contributed by atoms with Gasteiger partial charge in [-0.2, -0.15) is 0 Å². The van der Waals surface area contributed by atoms with Gasteiger partial charge < -0.3 is 15.0 Å². The highest BCUT2D eigenvalue weighted by Gasteiger charge is 2.27. The molecular formula is C14H12BrN3O3. The van der Waals surface area contributed by atoms with Crippen molar-refractivity contribution in [3.8, 4) is 0 Å². The molecule has 0 saturated heterocycles. The van der Waals surface area contributed by atoms with Crippen molar-refractivity contribution in [2.24, 2.45) is 0 Å². The Labute approximate surface area is 128 Å². The van der Waals surface area contributed by atoms with Crippen LogP contribution in [0.5, 0.6) is 0 Å². The molecule has 7 heteroatoms. The molecule has 2 aromatic heterocycles. The fraction of sp³-hybridized carbons (Fsp3) is 0.214. The van der Waals surface area contributed by atoms with Crippen LogP contribution >= 0.6 is 15.9 Å². The predicted octanol–water partition coefficient (Wildman–Crippen LogP) is 2.93. The number of nitrogens with zero attached hydrogens (tertiary/aromatic N) is 2. The molecule has 0 spiro atoms. The van der Waals surface area contributed by atoms with Gasteiger partial charge in [0.2, 0.25) is 0 Å². The van der Waals surface area contributed by atoms with Crippen LogP contribution in [-0.2, 0) is 0 Å². The minimum atomic E-state index is -1.13. The Morgan fingerprint density at radius 3 is 2.81 bits per heavy atom. The standard InChI is InChI=1S/C14H12BrN3O3/c15-8-6-11(18(7-8)9-4-5-9)13(19)17-12-3-1-2-10(16-12)14(20)21/h1-3,6-7,9H,4-5H2,(H,20,21)(H,16,17,19). The van der Waals surface area contributed by atoms with Gasteiger partial charge in [-0.05, 0) is 47.0 Å². The van der Waals surface area contributed by atoms with Crippen molar-refractivity contribution in [1.82, 2.24) is 9.55 Å². The number of aromatic nitrogens is 2. The van der Waals surface area contributed by atoms with Gasteiger partial charge >= 0.3 is 5.97 Å². The molecule has 0 bridgehead atoms. The van der Waals surface area contributed by atoms with Crippen molar-refractivity contribution >= 4 is 33.6 Å². The van der Waals surface area contributed by atoms with Crippen molar-refractivity contribution in [3.63, 3.8) is 0 Å². The summed E-state index contributed by atoms with van der Waals surface area (Å²) in [4.78, 5) is 27.1. The minimum absolute atomic E-state index is 0.105. The van der Waals surface area contributed by atoms with Gasteiger partial charge in [0.25, 0.3) is 5.91 Å². The van der Waals surface area contributed by atoms with Gasteiger partial charge in [-0.3, -0.25) is 4.79 Å². The SMILES string of the molecule is O=C(O)c1cccc(NC(=O)c2cc(Br)cn2C2CC2)n1. The second-order valence-corrected chi connectivity index (χ2v) is 5.77. The van der Waals surface area contributed by atoms with E-state index in [0.717, 1.165) is 17.3 Å². The molecule has 0 aliphatic heterocycles. The molecule has 0 atom stereocenters. The molecule has 3 rings (SSSR count). The maximum Gasteiger partial charge on any atom is 0.354 e. The van der Waals surface area contributed by atoms with Crippen LogP contribution in [0.3, 0.4) is 0 Å². The van der Waals surface area contributed by atoms with Crippen molar-refractivity contribution in [3.05, 3.63) is 46.3 Å². The summed E-state index contributed by atoms with van der Waals surface area (Å²) in [6.45, 7) is 0. The van der Waals surface area contributed by atoms with Crippen LogP contribution in [0.4, 0.5) is 5.82 Å². The van der Waals surface area contributed by atoms with Gasteiger partial charge in [-0.15, -0.1) is 0 Å². The number of aromatic carboxylic acids is 1. The van der Waals surface area contributed by atoms with E-state index in [0.29, 0.717) is 11.7 Å². The molecule has 0 radical (unpaired) electrons. The number of carboxylic acid groups (broad SMARTS) is 1. The summed E-state index contributed by atoms with van der Waals surface area (Å²) >= 11 is 3.37. The van der Waals surface area contributed by atoms with E-state index in [1.807, 2.05) is 10.8 Å². The van der Waals surface area contributed by atoms with Crippen LogP contribution < -0.4 is 5.32 Å². The summed E-state index contributed by atoms with van der Waals surface area (Å²) < 4.78 is 2.77. The summed E-state index contributed by atoms with van der Waals surface area (Å²) in [7, 11) is 0. The van der Waals surface area contributed by atoms with Crippen LogP contribution in [0, 0.1) is 0 Å². The van der Waals surface area contributed by atoms with E-state index in [2.05, 4.69) is 26.2 Å². The molecule has 1 aliphatic rings. The van der Waals surface area contributed by atoms with E-state index >= 15 is 0 Å².